The molecule has 7 nitrogen and oxygen atoms in total. The van der Waals surface area contributed by atoms with Crippen LogP contribution < -0.4 is 10.2 Å². The number of hydrogen-bond donors (Lipinski definition) is 2. The number of morpholine rings is 1. The van der Waals surface area contributed by atoms with E-state index in [9.17, 15) is 5.11 Å². The number of hydrogen-bond acceptors (Lipinski definition) is 7. The molecular weight excluding hydrogens is 366 g/mol. The van der Waals surface area contributed by atoms with Crippen LogP contribution in [0.2, 0.25) is 0 Å². The van der Waals surface area contributed by atoms with Crippen molar-refractivity contribution in [1.82, 2.24) is 15.0 Å². The number of aryl methyl sites for hydroxylation is 1. The molecule has 1 saturated heterocycles. The van der Waals surface area contributed by atoms with E-state index in [-0.39, 0.29) is 5.75 Å². The molecule has 7 heteroatoms. The molecule has 1 aromatic carbocycles. The predicted octanol–water partition coefficient (Wildman–Crippen LogP) is 3.04. The Hall–Kier alpha value is -3.19. The highest BCUT2D eigenvalue weighted by Crippen LogP contribution is 2.20. The monoisotopic (exact) mass is 391 g/mol. The lowest BCUT2D eigenvalue weighted by Crippen LogP contribution is -2.36. The van der Waals surface area contributed by atoms with Gasteiger partial charge in [-0.3, -0.25) is 0 Å². The van der Waals surface area contributed by atoms with E-state index in [1.165, 1.54) is 0 Å². The fourth-order valence-corrected chi connectivity index (χ4v) is 3.28. The molecule has 29 heavy (non-hydrogen) atoms. The summed E-state index contributed by atoms with van der Waals surface area (Å²) in [6, 6.07) is 13.2. The average Bonchev–Trinajstić information content (AvgIpc) is 2.75. The van der Waals surface area contributed by atoms with Gasteiger partial charge in [0.05, 0.1) is 13.2 Å². The van der Waals surface area contributed by atoms with Crippen molar-refractivity contribution in [2.45, 2.75) is 13.3 Å². The topological polar surface area (TPSA) is 83.4 Å². The van der Waals surface area contributed by atoms with Crippen molar-refractivity contribution in [3.63, 3.8) is 0 Å². The summed E-state index contributed by atoms with van der Waals surface area (Å²) < 4.78 is 5.40. The Labute approximate surface area is 170 Å². The lowest BCUT2D eigenvalue weighted by molar-refractivity contribution is 0.122. The number of anilines is 2. The summed E-state index contributed by atoms with van der Waals surface area (Å²) in [4.78, 5) is 16.0. The van der Waals surface area contributed by atoms with E-state index < -0.39 is 0 Å². The van der Waals surface area contributed by atoms with Gasteiger partial charge in [-0.1, -0.05) is 12.1 Å². The van der Waals surface area contributed by atoms with Crippen LogP contribution in [0.25, 0.3) is 11.4 Å². The minimum absolute atomic E-state index is 0.283. The Morgan fingerprint density at radius 3 is 2.59 bits per heavy atom. The number of pyridine rings is 1. The van der Waals surface area contributed by atoms with Crippen LogP contribution in [0, 0.1) is 6.92 Å². The maximum atomic E-state index is 9.37. The number of aromatic hydroxyl groups is 1. The van der Waals surface area contributed by atoms with Gasteiger partial charge in [0.25, 0.3) is 0 Å². The van der Waals surface area contributed by atoms with E-state index in [0.29, 0.717) is 5.82 Å². The van der Waals surface area contributed by atoms with Crippen molar-refractivity contribution in [3.8, 4) is 17.1 Å². The first-order valence-corrected chi connectivity index (χ1v) is 9.84. The van der Waals surface area contributed by atoms with Crippen LogP contribution in [-0.2, 0) is 11.2 Å². The zero-order valence-electron chi connectivity index (χ0n) is 16.5. The van der Waals surface area contributed by atoms with Crippen molar-refractivity contribution in [3.05, 3.63) is 59.9 Å². The number of phenols is 1. The largest absolute Gasteiger partial charge is 0.508 e. The molecule has 1 aliphatic heterocycles. The molecule has 0 unspecified atom stereocenters. The molecule has 0 aliphatic carbocycles. The van der Waals surface area contributed by atoms with Gasteiger partial charge in [0.1, 0.15) is 17.4 Å². The molecule has 0 amide bonds. The van der Waals surface area contributed by atoms with Gasteiger partial charge in [0.2, 0.25) is 0 Å². The molecule has 1 aliphatic rings. The average molecular weight is 391 g/mol. The van der Waals surface area contributed by atoms with Crippen LogP contribution in [0.5, 0.6) is 5.75 Å². The van der Waals surface area contributed by atoms with Crippen LogP contribution in [-0.4, -0.2) is 52.9 Å². The molecule has 150 valence electrons. The first-order chi connectivity index (χ1) is 14.2. The van der Waals surface area contributed by atoms with Gasteiger partial charge in [-0.2, -0.15) is 0 Å². The van der Waals surface area contributed by atoms with Gasteiger partial charge in [-0.05, 0) is 43.2 Å². The Balaban J connectivity index is 1.42. The number of benzene rings is 1. The molecule has 3 aromatic rings. The summed E-state index contributed by atoms with van der Waals surface area (Å²) in [5.41, 5.74) is 2.95. The Morgan fingerprint density at radius 1 is 1.07 bits per heavy atom. The molecule has 2 N–H and O–H groups in total. The quantitative estimate of drug-likeness (QED) is 0.668. The molecule has 0 bridgehead atoms. The molecule has 3 heterocycles. The van der Waals surface area contributed by atoms with Crippen LogP contribution >= 0.6 is 0 Å². The highest BCUT2D eigenvalue weighted by molar-refractivity contribution is 5.58. The number of aromatic nitrogens is 3. The molecule has 1 fully saturated rings. The van der Waals surface area contributed by atoms with E-state index in [0.717, 1.165) is 67.7 Å². The highest BCUT2D eigenvalue weighted by atomic mass is 16.5. The number of nitrogens with one attached hydrogen (secondary N) is 1. The van der Waals surface area contributed by atoms with E-state index in [2.05, 4.69) is 25.2 Å². The molecular formula is C22H25N5O2. The Morgan fingerprint density at radius 2 is 1.86 bits per heavy atom. The molecule has 4 rings (SSSR count). The zero-order chi connectivity index (χ0) is 20.1. The molecule has 0 atom stereocenters. The van der Waals surface area contributed by atoms with Gasteiger partial charge in [-0.15, -0.1) is 0 Å². The lowest BCUT2D eigenvalue weighted by atomic mass is 10.1. The summed E-state index contributed by atoms with van der Waals surface area (Å²) in [5.74, 6) is 2.70. The third-order valence-corrected chi connectivity index (χ3v) is 4.85. The molecule has 2 aromatic heterocycles. The van der Waals surface area contributed by atoms with E-state index in [1.807, 2.05) is 43.5 Å². The number of nitrogens with zero attached hydrogens (tertiary/aromatic N) is 4. The van der Waals surface area contributed by atoms with Gasteiger partial charge in [0.15, 0.2) is 5.82 Å². The van der Waals surface area contributed by atoms with Crippen molar-refractivity contribution in [2.24, 2.45) is 0 Å². The van der Waals surface area contributed by atoms with E-state index >= 15 is 0 Å². The fourth-order valence-electron chi connectivity index (χ4n) is 3.28. The van der Waals surface area contributed by atoms with E-state index in [1.54, 1.807) is 12.1 Å². The summed E-state index contributed by atoms with van der Waals surface area (Å²) in [7, 11) is 0. The normalized spacial score (nSPS) is 14.0. The van der Waals surface area contributed by atoms with Gasteiger partial charge in [-0.25, -0.2) is 15.0 Å². The summed E-state index contributed by atoms with van der Waals surface area (Å²) in [5, 5.41) is 12.7. The lowest BCUT2D eigenvalue weighted by Gasteiger charge is -2.27. The van der Waals surface area contributed by atoms with E-state index in [4.69, 9.17) is 4.74 Å². The van der Waals surface area contributed by atoms with Crippen LogP contribution in [0.15, 0.2) is 48.7 Å². The summed E-state index contributed by atoms with van der Waals surface area (Å²) in [6.45, 7) is 5.92. The van der Waals surface area contributed by atoms with Gasteiger partial charge >= 0.3 is 0 Å². The number of ether oxygens (including phenoxy) is 1. The minimum atomic E-state index is 0.283. The second-order valence-electron chi connectivity index (χ2n) is 7.07. The van der Waals surface area contributed by atoms with Crippen molar-refractivity contribution >= 4 is 11.6 Å². The summed E-state index contributed by atoms with van der Waals surface area (Å²) >= 11 is 0. The van der Waals surface area contributed by atoms with Gasteiger partial charge in [0, 0.05) is 43.2 Å². The SMILES string of the molecule is Cc1cc(NCCc2ccc(O)cc2)nc(-c2ccc(N3CCOCC3)nc2)n1. The maximum Gasteiger partial charge on any atom is 0.163 e. The van der Waals surface area contributed by atoms with Crippen molar-refractivity contribution < 1.29 is 9.84 Å². The third-order valence-electron chi connectivity index (χ3n) is 4.85. The molecule has 0 radical (unpaired) electrons. The zero-order valence-corrected chi connectivity index (χ0v) is 16.5. The van der Waals surface area contributed by atoms with Crippen molar-refractivity contribution in [1.29, 1.82) is 0 Å². The molecule has 0 spiro atoms. The standard InChI is InChI=1S/C22H25N5O2/c1-16-14-20(23-9-8-17-2-5-19(28)6-3-17)26-22(25-16)18-4-7-21(24-15-18)27-10-12-29-13-11-27/h2-7,14-15,28H,8-13H2,1H3,(H,23,25,26). The highest BCUT2D eigenvalue weighted by Gasteiger charge is 2.13. The fraction of sp³-hybridized carbons (Fsp3) is 0.318. The van der Waals surface area contributed by atoms with Crippen molar-refractivity contribution in [2.75, 3.05) is 43.1 Å². The third kappa shape index (κ3) is 5.00. The first-order valence-electron chi connectivity index (χ1n) is 9.84. The summed E-state index contributed by atoms with van der Waals surface area (Å²) in [6.07, 6.45) is 2.67. The van der Waals surface area contributed by atoms with Crippen LogP contribution in [0.4, 0.5) is 11.6 Å². The second kappa shape index (κ2) is 8.87. The Bertz CT molecular complexity index is 938. The van der Waals surface area contributed by atoms with Crippen LogP contribution in [0.1, 0.15) is 11.3 Å². The minimum Gasteiger partial charge on any atom is -0.508 e. The predicted molar refractivity (Wildman–Crippen MR) is 113 cm³/mol. The number of rotatable bonds is 6. The smallest absolute Gasteiger partial charge is 0.163 e. The second-order valence-corrected chi connectivity index (χ2v) is 7.07. The van der Waals surface area contributed by atoms with Crippen LogP contribution in [0.3, 0.4) is 0 Å². The molecule has 0 saturated carbocycles. The first kappa shape index (κ1) is 19.1. The maximum absolute atomic E-state index is 9.37. The van der Waals surface area contributed by atoms with Gasteiger partial charge < -0.3 is 20.1 Å². The Kier molecular flexibility index (Phi) is 5.86. The number of phenolic OH excluding ortho intramolecular Hbond substituents is 1.